The van der Waals surface area contributed by atoms with Gasteiger partial charge in [0.15, 0.2) is 5.15 Å². The van der Waals surface area contributed by atoms with Gasteiger partial charge in [0.1, 0.15) is 0 Å². The van der Waals surface area contributed by atoms with Crippen LogP contribution < -0.4 is 5.32 Å². The van der Waals surface area contributed by atoms with Gasteiger partial charge in [-0.05, 0) is 32.1 Å². The van der Waals surface area contributed by atoms with Gasteiger partial charge in [-0.15, -0.1) is 0 Å². The number of carbonyl (C=O) groups excluding carboxylic acids is 1. The molecule has 4 nitrogen and oxygen atoms in total. The summed E-state index contributed by atoms with van der Waals surface area (Å²) < 4.78 is 0. The number of hydrogen-bond acceptors (Lipinski definition) is 3. The maximum atomic E-state index is 11.7. The van der Waals surface area contributed by atoms with Gasteiger partial charge in [0, 0.05) is 19.2 Å². The molecule has 18 heavy (non-hydrogen) atoms. The molecule has 1 rings (SSSR count). The molecule has 0 radical (unpaired) electrons. The van der Waals surface area contributed by atoms with Crippen molar-refractivity contribution in [1.29, 1.82) is 0 Å². The van der Waals surface area contributed by atoms with Crippen molar-refractivity contribution < 1.29 is 4.79 Å². The van der Waals surface area contributed by atoms with Gasteiger partial charge in [-0.2, -0.15) is 0 Å². The molecular weight excluding hydrogens is 250 g/mol. The first-order chi connectivity index (χ1) is 8.63. The fourth-order valence-electron chi connectivity index (χ4n) is 1.52. The van der Waals surface area contributed by atoms with E-state index in [9.17, 15) is 4.79 Å². The molecule has 0 aliphatic rings. The van der Waals surface area contributed by atoms with Crippen LogP contribution in [0.1, 0.15) is 26.2 Å². The number of hydrogen-bond donors (Lipinski definition) is 1. The van der Waals surface area contributed by atoms with Crippen molar-refractivity contribution in [3.63, 3.8) is 0 Å². The quantitative estimate of drug-likeness (QED) is 0.774. The van der Waals surface area contributed by atoms with Crippen LogP contribution in [0.15, 0.2) is 18.3 Å². The highest BCUT2D eigenvalue weighted by Gasteiger charge is 2.07. The van der Waals surface area contributed by atoms with Gasteiger partial charge in [0.2, 0.25) is 5.91 Å². The molecule has 0 unspecified atom stereocenters. The largest absolute Gasteiger partial charge is 0.323 e. The number of nitrogens with zero attached hydrogens (tertiary/aromatic N) is 2. The van der Waals surface area contributed by atoms with E-state index in [2.05, 4.69) is 22.1 Å². The molecule has 0 spiro atoms. The highest BCUT2D eigenvalue weighted by Crippen LogP contribution is 2.17. The molecule has 0 saturated heterocycles. The third-order valence-corrected chi connectivity index (χ3v) is 2.95. The van der Waals surface area contributed by atoms with Crippen molar-refractivity contribution in [2.45, 2.75) is 26.2 Å². The Morgan fingerprint density at radius 2 is 2.28 bits per heavy atom. The molecule has 1 amide bonds. The molecule has 0 atom stereocenters. The Bertz CT molecular complexity index is 384. The number of pyridine rings is 1. The van der Waals surface area contributed by atoms with Gasteiger partial charge in [-0.1, -0.05) is 24.9 Å². The maximum absolute atomic E-state index is 11.7. The van der Waals surface area contributed by atoms with Gasteiger partial charge in [-0.25, -0.2) is 4.98 Å². The third-order valence-electron chi connectivity index (χ3n) is 2.65. The summed E-state index contributed by atoms with van der Waals surface area (Å²) in [6.45, 7) is 3.94. The lowest BCUT2D eigenvalue weighted by molar-refractivity contribution is -0.116. The fraction of sp³-hybridized carbons (Fsp3) is 0.538. The normalized spacial score (nSPS) is 10.7. The van der Waals surface area contributed by atoms with Crippen molar-refractivity contribution in [3.8, 4) is 0 Å². The minimum absolute atomic E-state index is 0.0340. The van der Waals surface area contributed by atoms with Crippen LogP contribution in [0.5, 0.6) is 0 Å². The zero-order valence-corrected chi connectivity index (χ0v) is 11.7. The molecule has 0 bridgehead atoms. The van der Waals surface area contributed by atoms with Crippen LogP contribution in [0.25, 0.3) is 0 Å². The Morgan fingerprint density at radius 1 is 1.50 bits per heavy atom. The predicted octanol–water partition coefficient (Wildman–Crippen LogP) is 2.80. The van der Waals surface area contributed by atoms with Crippen LogP contribution in [0.3, 0.4) is 0 Å². The molecule has 1 N–H and O–H groups in total. The average Bonchev–Trinajstić information content (AvgIpc) is 2.36. The molecule has 1 heterocycles. The first-order valence-electron chi connectivity index (χ1n) is 6.22. The summed E-state index contributed by atoms with van der Waals surface area (Å²) in [5.74, 6) is -0.0340. The minimum Gasteiger partial charge on any atom is -0.323 e. The third kappa shape index (κ3) is 5.47. The fourth-order valence-corrected chi connectivity index (χ4v) is 1.69. The number of amides is 1. The van der Waals surface area contributed by atoms with Gasteiger partial charge in [0.25, 0.3) is 0 Å². The lowest BCUT2D eigenvalue weighted by Crippen LogP contribution is -2.25. The standard InChI is InChI=1S/C13H20ClN3O/c1-3-4-9-17(2)10-7-12(18)16-11-6-5-8-15-13(11)14/h5-6,8H,3-4,7,9-10H2,1-2H3,(H,16,18). The molecular formula is C13H20ClN3O. The van der Waals surface area contributed by atoms with Gasteiger partial charge in [0.05, 0.1) is 5.69 Å². The second-order valence-corrected chi connectivity index (χ2v) is 4.65. The lowest BCUT2D eigenvalue weighted by Gasteiger charge is -2.15. The second kappa shape index (κ2) is 8.06. The van der Waals surface area contributed by atoms with Gasteiger partial charge >= 0.3 is 0 Å². The number of unbranched alkanes of at least 4 members (excludes halogenated alkanes) is 1. The van der Waals surface area contributed by atoms with E-state index in [1.54, 1.807) is 18.3 Å². The van der Waals surface area contributed by atoms with E-state index in [1.165, 1.54) is 6.42 Å². The summed E-state index contributed by atoms with van der Waals surface area (Å²) in [5, 5.41) is 3.09. The second-order valence-electron chi connectivity index (χ2n) is 4.30. The lowest BCUT2D eigenvalue weighted by atomic mass is 10.3. The smallest absolute Gasteiger partial charge is 0.225 e. The van der Waals surface area contributed by atoms with E-state index >= 15 is 0 Å². The van der Waals surface area contributed by atoms with Crippen molar-refractivity contribution >= 4 is 23.2 Å². The van der Waals surface area contributed by atoms with E-state index in [0.717, 1.165) is 19.5 Å². The number of nitrogens with one attached hydrogen (secondary N) is 1. The molecule has 1 aromatic heterocycles. The Hall–Kier alpha value is -1.13. The maximum Gasteiger partial charge on any atom is 0.225 e. The van der Waals surface area contributed by atoms with Crippen molar-refractivity contribution in [2.75, 3.05) is 25.5 Å². The number of aromatic nitrogens is 1. The topological polar surface area (TPSA) is 45.2 Å². The summed E-state index contributed by atoms with van der Waals surface area (Å²) in [5.41, 5.74) is 0.570. The summed E-state index contributed by atoms with van der Waals surface area (Å²) in [6.07, 6.45) is 4.39. The van der Waals surface area contributed by atoms with Crippen molar-refractivity contribution in [1.82, 2.24) is 9.88 Å². The summed E-state index contributed by atoms with van der Waals surface area (Å²) in [7, 11) is 2.03. The SMILES string of the molecule is CCCCN(C)CCC(=O)Nc1cccnc1Cl. The highest BCUT2D eigenvalue weighted by molar-refractivity contribution is 6.32. The van der Waals surface area contributed by atoms with Crippen LogP contribution in [0.4, 0.5) is 5.69 Å². The number of anilines is 1. The first kappa shape index (κ1) is 14.9. The Balaban J connectivity index is 2.32. The number of halogens is 1. The van der Waals surface area contributed by atoms with Crippen molar-refractivity contribution in [3.05, 3.63) is 23.5 Å². The molecule has 0 fully saturated rings. The Kier molecular flexibility index (Phi) is 6.68. The average molecular weight is 270 g/mol. The molecule has 0 aliphatic carbocycles. The number of rotatable bonds is 7. The zero-order chi connectivity index (χ0) is 13.4. The van der Waals surface area contributed by atoms with Crippen LogP contribution in [-0.2, 0) is 4.79 Å². The van der Waals surface area contributed by atoms with Gasteiger partial charge < -0.3 is 10.2 Å². The van der Waals surface area contributed by atoms with E-state index in [4.69, 9.17) is 11.6 Å². The van der Waals surface area contributed by atoms with Crippen LogP contribution in [-0.4, -0.2) is 35.9 Å². The molecule has 1 aromatic rings. The van der Waals surface area contributed by atoms with E-state index in [0.29, 0.717) is 17.3 Å². The van der Waals surface area contributed by atoms with Crippen LogP contribution >= 0.6 is 11.6 Å². The predicted molar refractivity (Wildman–Crippen MR) is 74.9 cm³/mol. The zero-order valence-electron chi connectivity index (χ0n) is 10.9. The molecule has 0 aliphatic heterocycles. The molecule has 0 saturated carbocycles. The van der Waals surface area contributed by atoms with Crippen LogP contribution in [0.2, 0.25) is 5.15 Å². The summed E-state index contributed by atoms with van der Waals surface area (Å²) in [4.78, 5) is 17.8. The van der Waals surface area contributed by atoms with E-state index in [-0.39, 0.29) is 5.91 Å². The molecule has 0 aromatic carbocycles. The van der Waals surface area contributed by atoms with Gasteiger partial charge in [-0.3, -0.25) is 4.79 Å². The van der Waals surface area contributed by atoms with Crippen LogP contribution in [0, 0.1) is 0 Å². The molecule has 100 valence electrons. The minimum atomic E-state index is -0.0340. The van der Waals surface area contributed by atoms with Crippen molar-refractivity contribution in [2.24, 2.45) is 0 Å². The van der Waals surface area contributed by atoms with E-state index < -0.39 is 0 Å². The molecule has 5 heteroatoms. The first-order valence-corrected chi connectivity index (χ1v) is 6.60. The van der Waals surface area contributed by atoms with E-state index in [1.807, 2.05) is 7.05 Å². The number of carbonyl (C=O) groups is 1. The Morgan fingerprint density at radius 3 is 2.94 bits per heavy atom. The Labute approximate surface area is 113 Å². The summed E-state index contributed by atoms with van der Waals surface area (Å²) >= 11 is 5.86. The monoisotopic (exact) mass is 269 g/mol. The summed E-state index contributed by atoms with van der Waals surface area (Å²) in [6, 6.07) is 3.49. The highest BCUT2D eigenvalue weighted by atomic mass is 35.5.